The fourth-order valence-electron chi connectivity index (χ4n) is 4.04. The molecule has 0 atom stereocenters. The van der Waals surface area contributed by atoms with Crippen LogP contribution in [0.2, 0.25) is 0 Å². The standard InChI is InChI=1S/C12H24N2.C7H16N2/c1-11(2)13-9-5-12(6-10-13)14-7-3-4-8-14;1-3-9-6-4-8(2)5-7-9/h11-12H,3-10H2,1-2H3;3-7H2,1-2H3. The Bertz CT molecular complexity index is 298. The molecule has 0 spiro atoms. The summed E-state index contributed by atoms with van der Waals surface area (Å²) in [6.45, 7) is 18.4. The van der Waals surface area contributed by atoms with Crippen molar-refractivity contribution in [1.82, 2.24) is 19.6 Å². The smallest absolute Gasteiger partial charge is 0.0120 e. The van der Waals surface area contributed by atoms with E-state index in [2.05, 4.69) is 47.4 Å². The molecule has 0 radical (unpaired) electrons. The zero-order chi connectivity index (χ0) is 16.7. The van der Waals surface area contributed by atoms with Gasteiger partial charge in [0.2, 0.25) is 0 Å². The largest absolute Gasteiger partial charge is 0.304 e. The van der Waals surface area contributed by atoms with Gasteiger partial charge in [0, 0.05) is 38.3 Å². The molecule has 0 unspecified atom stereocenters. The van der Waals surface area contributed by atoms with E-state index in [1.54, 1.807) is 0 Å². The van der Waals surface area contributed by atoms with Gasteiger partial charge in [0.25, 0.3) is 0 Å². The van der Waals surface area contributed by atoms with Crippen molar-refractivity contribution >= 4 is 0 Å². The summed E-state index contributed by atoms with van der Waals surface area (Å²) in [6, 6.07) is 1.65. The third-order valence-corrected chi connectivity index (χ3v) is 5.93. The van der Waals surface area contributed by atoms with Crippen molar-refractivity contribution in [2.75, 3.05) is 66.0 Å². The van der Waals surface area contributed by atoms with E-state index in [9.17, 15) is 0 Å². The Morgan fingerprint density at radius 1 is 0.826 bits per heavy atom. The molecule has 3 saturated heterocycles. The van der Waals surface area contributed by atoms with Crippen LogP contribution in [0.5, 0.6) is 0 Å². The van der Waals surface area contributed by atoms with E-state index < -0.39 is 0 Å². The Kier molecular flexibility index (Phi) is 8.31. The van der Waals surface area contributed by atoms with Crippen molar-refractivity contribution in [2.45, 2.75) is 58.5 Å². The van der Waals surface area contributed by atoms with Gasteiger partial charge in [-0.3, -0.25) is 0 Å². The van der Waals surface area contributed by atoms with Gasteiger partial charge in [-0.05, 0) is 79.3 Å². The van der Waals surface area contributed by atoms with Gasteiger partial charge in [0.05, 0.1) is 0 Å². The van der Waals surface area contributed by atoms with Crippen LogP contribution in [-0.4, -0.2) is 97.6 Å². The first-order valence-electron chi connectivity index (χ1n) is 9.99. The topological polar surface area (TPSA) is 13.0 Å². The molecule has 3 aliphatic heterocycles. The molecule has 0 bridgehead atoms. The zero-order valence-electron chi connectivity index (χ0n) is 16.1. The van der Waals surface area contributed by atoms with Crippen LogP contribution in [0, 0.1) is 0 Å². The van der Waals surface area contributed by atoms with Crippen molar-refractivity contribution in [3.8, 4) is 0 Å². The van der Waals surface area contributed by atoms with Crippen molar-refractivity contribution < 1.29 is 0 Å². The van der Waals surface area contributed by atoms with Gasteiger partial charge in [-0.1, -0.05) is 6.92 Å². The summed E-state index contributed by atoms with van der Waals surface area (Å²) in [5.41, 5.74) is 0. The van der Waals surface area contributed by atoms with E-state index in [1.807, 2.05) is 0 Å². The first-order valence-corrected chi connectivity index (χ1v) is 9.99. The third-order valence-electron chi connectivity index (χ3n) is 5.93. The van der Waals surface area contributed by atoms with E-state index in [-0.39, 0.29) is 0 Å². The van der Waals surface area contributed by atoms with Crippen molar-refractivity contribution in [1.29, 1.82) is 0 Å². The fourth-order valence-corrected chi connectivity index (χ4v) is 4.04. The van der Waals surface area contributed by atoms with E-state index in [4.69, 9.17) is 0 Å². The Morgan fingerprint density at radius 2 is 1.39 bits per heavy atom. The highest BCUT2D eigenvalue weighted by Gasteiger charge is 2.26. The molecule has 3 fully saturated rings. The number of rotatable bonds is 3. The van der Waals surface area contributed by atoms with Crippen LogP contribution in [0.4, 0.5) is 0 Å². The zero-order valence-corrected chi connectivity index (χ0v) is 16.1. The maximum Gasteiger partial charge on any atom is 0.0120 e. The first kappa shape index (κ1) is 19.2. The lowest BCUT2D eigenvalue weighted by atomic mass is 10.0. The number of likely N-dealkylation sites (tertiary alicyclic amines) is 2. The van der Waals surface area contributed by atoms with Crippen LogP contribution in [0.1, 0.15) is 46.5 Å². The second-order valence-corrected chi connectivity index (χ2v) is 7.84. The molecule has 0 aromatic heterocycles. The average molecular weight is 325 g/mol. The second-order valence-electron chi connectivity index (χ2n) is 7.84. The molecule has 136 valence electrons. The summed E-state index contributed by atoms with van der Waals surface area (Å²) in [7, 11) is 2.19. The summed E-state index contributed by atoms with van der Waals surface area (Å²) >= 11 is 0. The summed E-state index contributed by atoms with van der Waals surface area (Å²) in [6.07, 6.45) is 5.67. The minimum atomic E-state index is 0.745. The molecular formula is C19H40N4. The van der Waals surface area contributed by atoms with E-state index >= 15 is 0 Å². The third kappa shape index (κ3) is 6.33. The fraction of sp³-hybridized carbons (Fsp3) is 1.00. The predicted octanol–water partition coefficient (Wildman–Crippen LogP) is 2.21. The van der Waals surface area contributed by atoms with Crippen LogP contribution in [0.15, 0.2) is 0 Å². The minimum absolute atomic E-state index is 0.745. The van der Waals surface area contributed by atoms with Gasteiger partial charge in [0.15, 0.2) is 0 Å². The van der Waals surface area contributed by atoms with Gasteiger partial charge >= 0.3 is 0 Å². The van der Waals surface area contributed by atoms with Crippen LogP contribution in [-0.2, 0) is 0 Å². The van der Waals surface area contributed by atoms with E-state index in [1.165, 1.54) is 84.6 Å². The van der Waals surface area contributed by atoms with Gasteiger partial charge in [0.1, 0.15) is 0 Å². The Morgan fingerprint density at radius 3 is 1.87 bits per heavy atom. The monoisotopic (exact) mass is 324 g/mol. The number of hydrogen-bond donors (Lipinski definition) is 0. The molecule has 3 rings (SSSR count). The lowest BCUT2D eigenvalue weighted by Gasteiger charge is -2.38. The number of piperazine rings is 1. The molecule has 0 N–H and O–H groups in total. The predicted molar refractivity (Wildman–Crippen MR) is 100 cm³/mol. The van der Waals surface area contributed by atoms with E-state index in [0.717, 1.165) is 12.1 Å². The number of hydrogen-bond acceptors (Lipinski definition) is 4. The number of nitrogens with zero attached hydrogens (tertiary/aromatic N) is 4. The second kappa shape index (κ2) is 9.97. The first-order chi connectivity index (χ1) is 11.1. The number of likely N-dealkylation sites (N-methyl/N-ethyl adjacent to an activating group) is 2. The highest BCUT2D eigenvalue weighted by Crippen LogP contribution is 2.21. The Labute approximate surface area is 144 Å². The van der Waals surface area contributed by atoms with E-state index in [0.29, 0.717) is 0 Å². The average Bonchev–Trinajstić information content (AvgIpc) is 3.11. The lowest BCUT2D eigenvalue weighted by molar-refractivity contribution is 0.107. The van der Waals surface area contributed by atoms with Crippen LogP contribution in [0.25, 0.3) is 0 Å². The molecule has 3 heterocycles. The van der Waals surface area contributed by atoms with Crippen molar-refractivity contribution in [3.63, 3.8) is 0 Å². The van der Waals surface area contributed by atoms with Crippen molar-refractivity contribution in [2.24, 2.45) is 0 Å². The maximum absolute atomic E-state index is 2.72. The molecule has 0 aromatic carbocycles. The van der Waals surface area contributed by atoms with Crippen LogP contribution >= 0.6 is 0 Å². The molecule has 4 nitrogen and oxygen atoms in total. The summed E-state index contributed by atoms with van der Waals surface area (Å²) in [5, 5.41) is 0. The normalized spacial score (nSPS) is 26.5. The SMILES string of the molecule is CC(C)N1CCC(N2CCCC2)CC1.CCN1CCN(C)CC1. The molecular weight excluding hydrogens is 284 g/mol. The van der Waals surface area contributed by atoms with Gasteiger partial charge in [-0.25, -0.2) is 0 Å². The Hall–Kier alpha value is -0.160. The Balaban J connectivity index is 0.000000185. The molecule has 0 aromatic rings. The molecule has 3 aliphatic rings. The number of piperidine rings is 1. The molecule has 23 heavy (non-hydrogen) atoms. The molecule has 0 amide bonds. The van der Waals surface area contributed by atoms with Crippen LogP contribution in [0.3, 0.4) is 0 Å². The quantitative estimate of drug-likeness (QED) is 0.789. The molecule has 0 aliphatic carbocycles. The minimum Gasteiger partial charge on any atom is -0.304 e. The van der Waals surface area contributed by atoms with Crippen LogP contribution < -0.4 is 0 Å². The highest BCUT2D eigenvalue weighted by molar-refractivity contribution is 4.83. The highest BCUT2D eigenvalue weighted by atomic mass is 15.2. The lowest BCUT2D eigenvalue weighted by Crippen LogP contribution is -2.45. The van der Waals surface area contributed by atoms with Gasteiger partial charge in [-0.2, -0.15) is 0 Å². The summed E-state index contributed by atoms with van der Waals surface area (Å²) in [5.74, 6) is 0. The molecule has 0 saturated carbocycles. The summed E-state index contributed by atoms with van der Waals surface area (Å²) < 4.78 is 0. The van der Waals surface area contributed by atoms with Gasteiger partial charge < -0.3 is 19.6 Å². The van der Waals surface area contributed by atoms with Gasteiger partial charge in [-0.15, -0.1) is 0 Å². The maximum atomic E-state index is 2.72. The molecule has 4 heteroatoms. The summed E-state index contributed by atoms with van der Waals surface area (Å²) in [4.78, 5) is 10.2. The van der Waals surface area contributed by atoms with Crippen molar-refractivity contribution in [3.05, 3.63) is 0 Å².